The fourth-order valence-corrected chi connectivity index (χ4v) is 5.92. The lowest BCUT2D eigenvalue weighted by molar-refractivity contribution is 0.0411. The van der Waals surface area contributed by atoms with Crippen molar-refractivity contribution in [3.05, 3.63) is 58.6 Å². The van der Waals surface area contributed by atoms with E-state index in [2.05, 4.69) is 0 Å². The molecule has 0 N–H and O–H groups in total. The monoisotopic (exact) mass is 477 g/mol. The van der Waals surface area contributed by atoms with Crippen LogP contribution in [0.5, 0.6) is 0 Å². The van der Waals surface area contributed by atoms with E-state index in [9.17, 15) is 16.8 Å². The van der Waals surface area contributed by atoms with Crippen LogP contribution in [-0.2, 0) is 20.0 Å². The Bertz CT molecular complexity index is 990. The van der Waals surface area contributed by atoms with Gasteiger partial charge in [-0.3, -0.25) is 4.90 Å². The molecule has 0 aromatic heterocycles. The number of sulfonamides is 2. The van der Waals surface area contributed by atoms with Crippen LogP contribution in [0, 0.1) is 0 Å². The van der Waals surface area contributed by atoms with Gasteiger partial charge in [0.1, 0.15) is 0 Å². The van der Waals surface area contributed by atoms with Crippen molar-refractivity contribution in [1.82, 2.24) is 13.5 Å². The minimum atomic E-state index is -3.92. The van der Waals surface area contributed by atoms with E-state index in [4.69, 9.17) is 23.2 Å². The van der Waals surface area contributed by atoms with E-state index in [1.165, 1.54) is 48.5 Å². The third kappa shape index (κ3) is 4.77. The molecule has 0 spiro atoms. The molecule has 0 atom stereocenters. The summed E-state index contributed by atoms with van der Waals surface area (Å²) in [5, 5.41) is 0.830. The Labute approximate surface area is 181 Å². The zero-order valence-corrected chi connectivity index (χ0v) is 19.0. The maximum absolute atomic E-state index is 13.1. The highest BCUT2D eigenvalue weighted by atomic mass is 35.5. The summed E-state index contributed by atoms with van der Waals surface area (Å²) in [6, 6.07) is 11.5. The molecule has 158 valence electrons. The van der Waals surface area contributed by atoms with Crippen molar-refractivity contribution in [1.29, 1.82) is 0 Å². The van der Waals surface area contributed by atoms with Gasteiger partial charge in [-0.2, -0.15) is 8.61 Å². The normalized spacial score (nSPS) is 17.7. The van der Waals surface area contributed by atoms with Gasteiger partial charge in [-0.15, -0.1) is 0 Å². The van der Waals surface area contributed by atoms with Gasteiger partial charge >= 0.3 is 0 Å². The van der Waals surface area contributed by atoms with Gasteiger partial charge in [0, 0.05) is 16.1 Å². The van der Waals surface area contributed by atoms with Crippen LogP contribution < -0.4 is 0 Å². The summed E-state index contributed by atoms with van der Waals surface area (Å²) < 4.78 is 54.8. The standard InChI is InChI=1S/C18H21Cl2N3O4S2/c1-14(2)21-11-22(28(24,25)17-7-3-15(19)4-8-17)13-23(12-21)29(26,27)18-9-5-16(20)6-10-18/h3-10,14H,11-13H2,1-2H3. The fraction of sp³-hybridized carbons (Fsp3) is 0.333. The van der Waals surface area contributed by atoms with E-state index >= 15 is 0 Å². The lowest BCUT2D eigenvalue weighted by atomic mass is 10.3. The van der Waals surface area contributed by atoms with E-state index in [0.29, 0.717) is 10.0 Å². The number of halogens is 2. The first-order valence-corrected chi connectivity index (χ1v) is 12.4. The molecule has 0 bridgehead atoms. The summed E-state index contributed by atoms with van der Waals surface area (Å²) in [6.45, 7) is 3.63. The highest BCUT2D eigenvalue weighted by Crippen LogP contribution is 2.26. The van der Waals surface area contributed by atoms with E-state index in [0.717, 1.165) is 8.61 Å². The van der Waals surface area contributed by atoms with Crippen LogP contribution in [0.3, 0.4) is 0 Å². The first-order valence-electron chi connectivity index (χ1n) is 8.77. The van der Waals surface area contributed by atoms with Crippen molar-refractivity contribution in [2.45, 2.75) is 29.7 Å². The van der Waals surface area contributed by atoms with Crippen molar-refractivity contribution in [2.75, 3.05) is 20.0 Å². The topological polar surface area (TPSA) is 78.0 Å². The highest BCUT2D eigenvalue weighted by molar-refractivity contribution is 7.90. The number of benzene rings is 2. The molecule has 0 aliphatic carbocycles. The Morgan fingerprint density at radius 1 is 0.690 bits per heavy atom. The van der Waals surface area contributed by atoms with Gasteiger partial charge in [-0.05, 0) is 62.4 Å². The number of hydrogen-bond donors (Lipinski definition) is 0. The van der Waals surface area contributed by atoms with Gasteiger partial charge in [-0.25, -0.2) is 16.8 Å². The zero-order chi connectivity index (χ0) is 21.4. The van der Waals surface area contributed by atoms with Crippen molar-refractivity contribution >= 4 is 43.2 Å². The van der Waals surface area contributed by atoms with Gasteiger partial charge in [0.2, 0.25) is 20.0 Å². The van der Waals surface area contributed by atoms with Gasteiger partial charge in [0.25, 0.3) is 0 Å². The molecule has 11 heteroatoms. The molecular formula is C18H21Cl2N3O4S2. The molecule has 0 radical (unpaired) electrons. The van der Waals surface area contributed by atoms with Crippen LogP contribution in [-0.4, -0.2) is 56.4 Å². The molecule has 1 saturated heterocycles. The van der Waals surface area contributed by atoms with Crippen molar-refractivity contribution in [3.63, 3.8) is 0 Å². The molecule has 1 heterocycles. The Morgan fingerprint density at radius 3 is 1.34 bits per heavy atom. The largest absolute Gasteiger partial charge is 0.273 e. The number of hydrogen-bond acceptors (Lipinski definition) is 5. The van der Waals surface area contributed by atoms with E-state index in [-0.39, 0.29) is 35.8 Å². The maximum atomic E-state index is 13.1. The molecule has 0 amide bonds. The Balaban J connectivity index is 1.97. The number of nitrogens with zero attached hydrogens (tertiary/aromatic N) is 3. The summed E-state index contributed by atoms with van der Waals surface area (Å²) in [7, 11) is -7.84. The average molecular weight is 478 g/mol. The Hall–Kier alpha value is -1.20. The van der Waals surface area contributed by atoms with E-state index in [1.807, 2.05) is 13.8 Å². The Kier molecular flexibility index (Phi) is 6.59. The lowest BCUT2D eigenvalue weighted by Gasteiger charge is -2.42. The smallest absolute Gasteiger partial charge is 0.245 e. The summed E-state index contributed by atoms with van der Waals surface area (Å²) >= 11 is 11.7. The fourth-order valence-electron chi connectivity index (χ4n) is 2.86. The molecule has 1 aliphatic rings. The SMILES string of the molecule is CC(C)N1CN(S(=O)(=O)c2ccc(Cl)cc2)CN(S(=O)(=O)c2ccc(Cl)cc2)C1. The first kappa shape index (κ1) is 22.5. The molecule has 1 fully saturated rings. The molecule has 0 unspecified atom stereocenters. The lowest BCUT2D eigenvalue weighted by Crippen LogP contribution is -2.59. The highest BCUT2D eigenvalue weighted by Gasteiger charge is 2.38. The minimum Gasteiger partial charge on any atom is -0.273 e. The van der Waals surface area contributed by atoms with Crippen LogP contribution in [0.4, 0.5) is 0 Å². The molecule has 2 aromatic carbocycles. The predicted octanol–water partition coefficient (Wildman–Crippen LogP) is 3.27. The second-order valence-electron chi connectivity index (χ2n) is 6.93. The summed E-state index contributed by atoms with van der Waals surface area (Å²) in [5.74, 6) is 0. The molecule has 29 heavy (non-hydrogen) atoms. The third-order valence-corrected chi connectivity index (χ3v) is 8.69. The number of rotatable bonds is 5. The second kappa shape index (κ2) is 8.50. The van der Waals surface area contributed by atoms with Gasteiger partial charge < -0.3 is 0 Å². The van der Waals surface area contributed by atoms with Crippen molar-refractivity contribution < 1.29 is 16.8 Å². The van der Waals surface area contributed by atoms with E-state index in [1.54, 1.807) is 4.90 Å². The summed E-state index contributed by atoms with van der Waals surface area (Å²) in [6.07, 6.45) is 0. The van der Waals surface area contributed by atoms with Crippen LogP contribution in [0.1, 0.15) is 13.8 Å². The quantitative estimate of drug-likeness (QED) is 0.659. The second-order valence-corrected chi connectivity index (χ2v) is 11.7. The maximum Gasteiger partial charge on any atom is 0.245 e. The minimum absolute atomic E-state index is 0.0522. The first-order chi connectivity index (χ1) is 13.5. The molecule has 1 aliphatic heterocycles. The van der Waals surface area contributed by atoms with Gasteiger partial charge in [-0.1, -0.05) is 23.2 Å². The van der Waals surface area contributed by atoms with Gasteiger partial charge in [0.15, 0.2) is 0 Å². The Morgan fingerprint density at radius 2 is 1.03 bits per heavy atom. The van der Waals surface area contributed by atoms with Crippen LogP contribution in [0.15, 0.2) is 58.3 Å². The van der Waals surface area contributed by atoms with Crippen LogP contribution in [0.25, 0.3) is 0 Å². The molecule has 2 aromatic rings. The summed E-state index contributed by atoms with van der Waals surface area (Å²) in [5.41, 5.74) is 0. The average Bonchev–Trinajstić information content (AvgIpc) is 2.68. The molecular weight excluding hydrogens is 457 g/mol. The molecule has 7 nitrogen and oxygen atoms in total. The molecule has 0 saturated carbocycles. The summed E-state index contributed by atoms with van der Waals surface area (Å²) in [4.78, 5) is 1.87. The third-order valence-electron chi connectivity index (χ3n) is 4.63. The van der Waals surface area contributed by atoms with Crippen LogP contribution in [0.2, 0.25) is 10.0 Å². The van der Waals surface area contributed by atoms with Crippen LogP contribution >= 0.6 is 23.2 Å². The zero-order valence-electron chi connectivity index (χ0n) is 15.9. The predicted molar refractivity (Wildman–Crippen MR) is 113 cm³/mol. The van der Waals surface area contributed by atoms with E-state index < -0.39 is 20.0 Å². The van der Waals surface area contributed by atoms with Gasteiger partial charge in [0.05, 0.1) is 29.8 Å². The van der Waals surface area contributed by atoms with Crippen molar-refractivity contribution in [3.8, 4) is 0 Å². The van der Waals surface area contributed by atoms with Crippen molar-refractivity contribution in [2.24, 2.45) is 0 Å². The molecule has 3 rings (SSSR count).